The summed E-state index contributed by atoms with van der Waals surface area (Å²) in [6.45, 7) is 10.1. The molecule has 1 aliphatic carbocycles. The summed E-state index contributed by atoms with van der Waals surface area (Å²) in [7, 11) is 0. The van der Waals surface area contributed by atoms with Crippen LogP contribution in [0.25, 0.3) is 11.1 Å². The van der Waals surface area contributed by atoms with E-state index in [4.69, 9.17) is 14.2 Å². The Labute approximate surface area is 209 Å². The third kappa shape index (κ3) is 5.49. The van der Waals surface area contributed by atoms with Gasteiger partial charge in [-0.3, -0.25) is 14.6 Å². The number of hydrogen-bond donors (Lipinski definition) is 0. The number of carbonyl (C=O) groups is 1. The highest BCUT2D eigenvalue weighted by molar-refractivity contribution is 6.23. The molecule has 0 radical (unpaired) electrons. The van der Waals surface area contributed by atoms with Crippen LogP contribution >= 0.6 is 0 Å². The minimum atomic E-state index is 0.0129. The summed E-state index contributed by atoms with van der Waals surface area (Å²) >= 11 is 0. The van der Waals surface area contributed by atoms with Gasteiger partial charge in [0.05, 0.1) is 6.61 Å². The van der Waals surface area contributed by atoms with Gasteiger partial charge in [0.25, 0.3) is 0 Å². The summed E-state index contributed by atoms with van der Waals surface area (Å²) in [5.41, 5.74) is 3.02. The Bertz CT molecular complexity index is 1030. The van der Waals surface area contributed by atoms with Crippen molar-refractivity contribution >= 4 is 5.78 Å². The molecule has 0 aromatic heterocycles. The maximum absolute atomic E-state index is 13.4. The summed E-state index contributed by atoms with van der Waals surface area (Å²) in [6.07, 6.45) is 7.72. The molecular weight excluding hydrogens is 440 g/mol. The molecule has 0 unspecified atom stereocenters. The quantitative estimate of drug-likeness (QED) is 0.408. The van der Waals surface area contributed by atoms with Gasteiger partial charge in [-0.2, -0.15) is 0 Å². The molecule has 2 heterocycles. The van der Waals surface area contributed by atoms with Crippen molar-refractivity contribution in [2.45, 2.75) is 45.4 Å². The maximum atomic E-state index is 13.4. The molecule has 188 valence electrons. The van der Waals surface area contributed by atoms with Gasteiger partial charge in [-0.25, -0.2) is 0 Å². The summed E-state index contributed by atoms with van der Waals surface area (Å²) in [5, 5.41) is 0. The Kier molecular flexibility index (Phi) is 7.89. The third-order valence-corrected chi connectivity index (χ3v) is 7.38. The molecule has 2 aromatic carbocycles. The van der Waals surface area contributed by atoms with Crippen molar-refractivity contribution in [2.75, 3.05) is 59.1 Å². The number of carbonyl (C=O) groups excluding carboxylic acids is 1. The second-order valence-electron chi connectivity index (χ2n) is 9.79. The Morgan fingerprint density at radius 1 is 0.714 bits per heavy atom. The van der Waals surface area contributed by atoms with Gasteiger partial charge >= 0.3 is 0 Å². The molecule has 6 heteroatoms. The lowest BCUT2D eigenvalue weighted by atomic mass is 10.0. The zero-order valence-corrected chi connectivity index (χ0v) is 21.0. The van der Waals surface area contributed by atoms with Gasteiger partial charge in [0, 0.05) is 41.4 Å². The lowest BCUT2D eigenvalue weighted by Crippen LogP contribution is -2.33. The number of nitrogens with zero attached hydrogens (tertiary/aromatic N) is 2. The van der Waals surface area contributed by atoms with Crippen LogP contribution in [0.4, 0.5) is 0 Å². The van der Waals surface area contributed by atoms with Crippen LogP contribution in [0.2, 0.25) is 0 Å². The normalized spacial score (nSPS) is 18.3. The molecule has 2 fully saturated rings. The number of piperidine rings is 2. The van der Waals surface area contributed by atoms with E-state index in [0.29, 0.717) is 42.4 Å². The predicted octanol–water partition coefficient (Wildman–Crippen LogP) is 5.03. The monoisotopic (exact) mass is 478 g/mol. The number of benzene rings is 2. The summed E-state index contributed by atoms with van der Waals surface area (Å²) < 4.78 is 18.4. The molecule has 0 saturated carbocycles. The van der Waals surface area contributed by atoms with Crippen molar-refractivity contribution in [3.63, 3.8) is 0 Å². The second kappa shape index (κ2) is 11.4. The van der Waals surface area contributed by atoms with Crippen LogP contribution < -0.4 is 14.2 Å². The molecule has 0 atom stereocenters. The van der Waals surface area contributed by atoms with Crippen LogP contribution in [0.1, 0.15) is 61.4 Å². The number of fused-ring (bicyclic) bond motifs is 3. The minimum Gasteiger partial charge on any atom is -0.493 e. The lowest BCUT2D eigenvalue weighted by molar-refractivity contribution is 0.104. The van der Waals surface area contributed by atoms with Crippen molar-refractivity contribution in [3.05, 3.63) is 41.5 Å². The van der Waals surface area contributed by atoms with Crippen LogP contribution in [0.3, 0.4) is 0 Å². The van der Waals surface area contributed by atoms with Gasteiger partial charge in [0.2, 0.25) is 0 Å². The van der Waals surface area contributed by atoms with Gasteiger partial charge < -0.3 is 14.2 Å². The first kappa shape index (κ1) is 24.1. The molecule has 0 spiro atoms. The number of ketones is 1. The van der Waals surface area contributed by atoms with Crippen LogP contribution in [-0.4, -0.2) is 74.7 Å². The van der Waals surface area contributed by atoms with E-state index in [1.54, 1.807) is 0 Å². The first-order valence-electron chi connectivity index (χ1n) is 13.4. The van der Waals surface area contributed by atoms with Crippen LogP contribution in [0.15, 0.2) is 30.3 Å². The largest absolute Gasteiger partial charge is 0.493 e. The second-order valence-corrected chi connectivity index (χ2v) is 9.79. The number of hydrogen-bond acceptors (Lipinski definition) is 6. The highest BCUT2D eigenvalue weighted by Crippen LogP contribution is 2.49. The average Bonchev–Trinajstić information content (AvgIpc) is 3.18. The molecule has 2 saturated heterocycles. The molecule has 0 amide bonds. The summed E-state index contributed by atoms with van der Waals surface area (Å²) in [4.78, 5) is 18.3. The van der Waals surface area contributed by atoms with Crippen LogP contribution in [0.5, 0.6) is 17.2 Å². The topological polar surface area (TPSA) is 51.2 Å². The van der Waals surface area contributed by atoms with E-state index < -0.39 is 0 Å². The molecule has 3 aliphatic rings. The zero-order valence-electron chi connectivity index (χ0n) is 21.0. The van der Waals surface area contributed by atoms with Crippen molar-refractivity contribution < 1.29 is 19.0 Å². The zero-order chi connectivity index (χ0) is 24.0. The van der Waals surface area contributed by atoms with Gasteiger partial charge in [-0.1, -0.05) is 25.0 Å². The number of ether oxygens (including phenoxy) is 3. The van der Waals surface area contributed by atoms with E-state index in [0.717, 1.165) is 56.1 Å². The molecular formula is C29H38N2O4. The first-order valence-corrected chi connectivity index (χ1v) is 13.4. The maximum Gasteiger partial charge on any atom is 0.194 e. The Balaban J connectivity index is 1.34. The first-order chi connectivity index (χ1) is 17.2. The van der Waals surface area contributed by atoms with Gasteiger partial charge in [-0.05, 0) is 70.9 Å². The van der Waals surface area contributed by atoms with Gasteiger partial charge in [0.1, 0.15) is 30.5 Å². The average molecular weight is 479 g/mol. The summed E-state index contributed by atoms with van der Waals surface area (Å²) in [6, 6.07) is 9.59. The van der Waals surface area contributed by atoms with Crippen molar-refractivity contribution in [3.8, 4) is 28.4 Å². The van der Waals surface area contributed by atoms with E-state index in [2.05, 4.69) is 9.80 Å². The molecule has 5 rings (SSSR count). The van der Waals surface area contributed by atoms with Gasteiger partial charge in [-0.15, -0.1) is 0 Å². The third-order valence-electron chi connectivity index (χ3n) is 7.38. The van der Waals surface area contributed by atoms with E-state index >= 15 is 0 Å². The molecule has 35 heavy (non-hydrogen) atoms. The smallest absolute Gasteiger partial charge is 0.194 e. The highest BCUT2D eigenvalue weighted by Gasteiger charge is 2.33. The molecule has 0 bridgehead atoms. The van der Waals surface area contributed by atoms with E-state index in [-0.39, 0.29) is 5.78 Å². The van der Waals surface area contributed by atoms with Crippen LogP contribution in [0, 0.1) is 0 Å². The molecule has 6 nitrogen and oxygen atoms in total. The fourth-order valence-electron chi connectivity index (χ4n) is 5.57. The molecule has 2 aliphatic heterocycles. The van der Waals surface area contributed by atoms with Crippen molar-refractivity contribution in [2.24, 2.45) is 0 Å². The predicted molar refractivity (Wildman–Crippen MR) is 138 cm³/mol. The van der Waals surface area contributed by atoms with Crippen LogP contribution in [-0.2, 0) is 0 Å². The Hall–Kier alpha value is -2.57. The van der Waals surface area contributed by atoms with Crippen molar-refractivity contribution in [1.82, 2.24) is 9.80 Å². The highest BCUT2D eigenvalue weighted by atomic mass is 16.5. The Morgan fingerprint density at radius 2 is 1.34 bits per heavy atom. The molecule has 2 aromatic rings. The standard InChI is InChI=1S/C29H38N2O4/c1-2-33-26-21-22(34-18-16-30-12-5-3-6-13-30)20-24-28(26)27-23(29(24)32)10-9-11-25(27)35-19-17-31-14-7-4-8-15-31/h9-11,20-21H,2-8,12-19H2,1H3. The fourth-order valence-corrected chi connectivity index (χ4v) is 5.57. The SMILES string of the molecule is CCOc1cc(OCCN2CCCCC2)cc2c1-c1c(OCCN3CCCCC3)cccc1C2=O. The Morgan fingerprint density at radius 3 is 2.00 bits per heavy atom. The van der Waals surface area contributed by atoms with E-state index in [1.165, 1.54) is 38.5 Å². The number of rotatable bonds is 10. The van der Waals surface area contributed by atoms with Gasteiger partial charge in [0.15, 0.2) is 5.78 Å². The lowest BCUT2D eigenvalue weighted by Gasteiger charge is -2.26. The van der Waals surface area contributed by atoms with E-state index in [9.17, 15) is 4.79 Å². The number of likely N-dealkylation sites (tertiary alicyclic amines) is 2. The molecule has 0 N–H and O–H groups in total. The summed E-state index contributed by atoms with van der Waals surface area (Å²) in [5.74, 6) is 2.15. The fraction of sp³-hybridized carbons (Fsp3) is 0.552. The van der Waals surface area contributed by atoms with Crippen molar-refractivity contribution in [1.29, 1.82) is 0 Å². The van der Waals surface area contributed by atoms with E-state index in [1.807, 2.05) is 37.3 Å². The minimum absolute atomic E-state index is 0.0129.